The van der Waals surface area contributed by atoms with Crippen LogP contribution in [0.4, 0.5) is 0 Å². The molecule has 0 aliphatic carbocycles. The maximum absolute atomic E-state index is 10.3. The van der Waals surface area contributed by atoms with Crippen LogP contribution in [0.3, 0.4) is 0 Å². The smallest absolute Gasteiger partial charge is 0.322 e. The van der Waals surface area contributed by atoms with Crippen molar-refractivity contribution in [3.05, 3.63) is 0 Å². The van der Waals surface area contributed by atoms with E-state index in [1.807, 2.05) is 0 Å². The predicted molar refractivity (Wildman–Crippen MR) is 31.4 cm³/mol. The number of ether oxygens (including phenoxy) is 1. The van der Waals surface area contributed by atoms with E-state index in [1.165, 1.54) is 13.8 Å². The third-order valence-corrected chi connectivity index (χ3v) is 0.530. The molecule has 0 aliphatic heterocycles. The van der Waals surface area contributed by atoms with E-state index in [1.54, 1.807) is 0 Å². The zero-order chi connectivity index (χ0) is 7.49. The van der Waals surface area contributed by atoms with Crippen molar-refractivity contribution >= 4 is 5.97 Å². The van der Waals surface area contributed by atoms with Crippen LogP contribution in [0.2, 0.25) is 0 Å². The lowest BCUT2D eigenvalue weighted by molar-refractivity contribution is -0.193. The fourth-order valence-corrected chi connectivity index (χ4v) is 0.320. The molecule has 0 spiro atoms. The summed E-state index contributed by atoms with van der Waals surface area (Å²) in [6, 6.07) is 0. The summed E-state index contributed by atoms with van der Waals surface area (Å²) in [7, 11) is 0. The molecule has 4 heteroatoms. The van der Waals surface area contributed by atoms with Gasteiger partial charge in [-0.25, -0.2) is 0 Å². The second kappa shape index (κ2) is 2.80. The molecule has 0 aliphatic rings. The van der Waals surface area contributed by atoms with Crippen molar-refractivity contribution in [2.45, 2.75) is 19.6 Å². The van der Waals surface area contributed by atoms with Crippen molar-refractivity contribution in [3.63, 3.8) is 0 Å². The maximum Gasteiger partial charge on any atom is 0.322 e. The molecule has 9 heavy (non-hydrogen) atoms. The Hall–Kier alpha value is -0.610. The monoisotopic (exact) mass is 133 g/mol. The Kier molecular flexibility index (Phi) is 2.61. The Labute approximate surface area is 53.6 Å². The Morgan fingerprint density at radius 2 is 2.22 bits per heavy atom. The van der Waals surface area contributed by atoms with Gasteiger partial charge in [0.2, 0.25) is 5.79 Å². The lowest BCUT2D eigenvalue weighted by Crippen LogP contribution is -2.30. The average molecular weight is 133 g/mol. The molecule has 0 atom stereocenters. The first kappa shape index (κ1) is 8.39. The summed E-state index contributed by atoms with van der Waals surface area (Å²) in [6.45, 7) is 2.52. The summed E-state index contributed by atoms with van der Waals surface area (Å²) in [4.78, 5) is 10.3. The zero-order valence-electron chi connectivity index (χ0n) is 5.55. The van der Waals surface area contributed by atoms with Crippen LogP contribution in [0.1, 0.15) is 13.8 Å². The Balaban J connectivity index is 3.60. The first-order valence-electron chi connectivity index (χ1n) is 2.60. The molecule has 0 saturated carbocycles. The van der Waals surface area contributed by atoms with Gasteiger partial charge in [-0.1, -0.05) is 0 Å². The molecular formula is C5H11NO3. The van der Waals surface area contributed by atoms with Gasteiger partial charge in [-0.15, -0.1) is 0 Å². The van der Waals surface area contributed by atoms with E-state index in [0.29, 0.717) is 0 Å². The van der Waals surface area contributed by atoms with Gasteiger partial charge < -0.3 is 15.6 Å². The van der Waals surface area contributed by atoms with Gasteiger partial charge in [-0.2, -0.15) is 0 Å². The summed E-state index contributed by atoms with van der Waals surface area (Å²) in [5, 5.41) is 8.82. The third kappa shape index (κ3) is 5.26. The standard InChI is InChI=1S/C5H11NO3/c1-5(2,8)9-4(7)3-6/h8H,3,6H2,1-2H3. The number of hydrogen-bond donors (Lipinski definition) is 2. The van der Waals surface area contributed by atoms with Gasteiger partial charge in [0.1, 0.15) is 0 Å². The molecule has 0 amide bonds. The fourth-order valence-electron chi connectivity index (χ4n) is 0.320. The van der Waals surface area contributed by atoms with E-state index in [0.717, 1.165) is 0 Å². The Morgan fingerprint density at radius 3 is 2.33 bits per heavy atom. The normalized spacial score (nSPS) is 11.1. The largest absolute Gasteiger partial charge is 0.433 e. The first-order chi connectivity index (χ1) is 3.95. The van der Waals surface area contributed by atoms with Crippen molar-refractivity contribution < 1.29 is 14.6 Å². The van der Waals surface area contributed by atoms with Crippen LogP contribution in [-0.4, -0.2) is 23.4 Å². The SMILES string of the molecule is CC(C)(O)OC(=O)CN. The number of esters is 1. The van der Waals surface area contributed by atoms with E-state index < -0.39 is 11.8 Å². The molecule has 0 rings (SSSR count). The molecule has 3 N–H and O–H groups in total. The minimum atomic E-state index is -1.41. The lowest BCUT2D eigenvalue weighted by Gasteiger charge is -2.16. The summed E-state index contributed by atoms with van der Waals surface area (Å²) < 4.78 is 4.38. The molecular weight excluding hydrogens is 122 g/mol. The van der Waals surface area contributed by atoms with Gasteiger partial charge in [0, 0.05) is 13.8 Å². The van der Waals surface area contributed by atoms with Gasteiger partial charge in [-0.3, -0.25) is 4.79 Å². The molecule has 0 bridgehead atoms. The highest BCUT2D eigenvalue weighted by molar-refractivity contribution is 5.71. The second-order valence-electron chi connectivity index (χ2n) is 2.12. The van der Waals surface area contributed by atoms with Gasteiger partial charge in [0.25, 0.3) is 0 Å². The summed E-state index contributed by atoms with van der Waals surface area (Å²) in [5.41, 5.74) is 4.89. The van der Waals surface area contributed by atoms with Gasteiger partial charge >= 0.3 is 5.97 Å². The minimum Gasteiger partial charge on any atom is -0.433 e. The minimum absolute atomic E-state index is 0.204. The molecule has 0 radical (unpaired) electrons. The quantitative estimate of drug-likeness (QED) is 0.382. The van der Waals surface area contributed by atoms with E-state index in [-0.39, 0.29) is 6.54 Å². The predicted octanol–water partition coefficient (Wildman–Crippen LogP) is -0.783. The van der Waals surface area contributed by atoms with Gasteiger partial charge in [0.05, 0.1) is 6.54 Å². The molecule has 4 nitrogen and oxygen atoms in total. The van der Waals surface area contributed by atoms with Crippen LogP contribution in [0, 0.1) is 0 Å². The number of aliphatic hydroxyl groups is 1. The van der Waals surface area contributed by atoms with E-state index in [2.05, 4.69) is 4.74 Å². The molecule has 0 fully saturated rings. The van der Waals surface area contributed by atoms with Crippen molar-refractivity contribution in [3.8, 4) is 0 Å². The highest BCUT2D eigenvalue weighted by Gasteiger charge is 2.16. The lowest BCUT2D eigenvalue weighted by atomic mass is 10.4. The second-order valence-corrected chi connectivity index (χ2v) is 2.12. The number of rotatable bonds is 2. The molecule has 0 aromatic carbocycles. The summed E-state index contributed by atoms with van der Waals surface area (Å²) in [6.07, 6.45) is 0. The molecule has 0 unspecified atom stereocenters. The van der Waals surface area contributed by atoms with Gasteiger partial charge in [-0.05, 0) is 0 Å². The summed E-state index contributed by atoms with van der Waals surface area (Å²) >= 11 is 0. The average Bonchev–Trinajstić information content (AvgIpc) is 1.62. The van der Waals surface area contributed by atoms with E-state index in [4.69, 9.17) is 10.8 Å². The number of nitrogens with two attached hydrogens (primary N) is 1. The zero-order valence-corrected chi connectivity index (χ0v) is 5.55. The number of hydrogen-bond acceptors (Lipinski definition) is 4. The first-order valence-corrected chi connectivity index (χ1v) is 2.60. The van der Waals surface area contributed by atoms with Crippen LogP contribution in [0.5, 0.6) is 0 Å². The van der Waals surface area contributed by atoms with Crippen molar-refractivity contribution in [2.24, 2.45) is 5.73 Å². The van der Waals surface area contributed by atoms with Crippen LogP contribution >= 0.6 is 0 Å². The van der Waals surface area contributed by atoms with Crippen LogP contribution in [-0.2, 0) is 9.53 Å². The molecule has 0 heterocycles. The molecule has 0 aromatic heterocycles. The molecule has 0 aromatic rings. The summed E-state index contributed by atoms with van der Waals surface area (Å²) in [5.74, 6) is -2.02. The van der Waals surface area contributed by atoms with E-state index >= 15 is 0 Å². The Bertz CT molecular complexity index is 105. The van der Waals surface area contributed by atoms with Crippen molar-refractivity contribution in [2.75, 3.05) is 6.54 Å². The molecule has 54 valence electrons. The Morgan fingerprint density at radius 1 is 1.78 bits per heavy atom. The van der Waals surface area contributed by atoms with E-state index in [9.17, 15) is 4.79 Å². The van der Waals surface area contributed by atoms with Crippen molar-refractivity contribution in [1.82, 2.24) is 0 Å². The maximum atomic E-state index is 10.3. The molecule has 0 saturated heterocycles. The third-order valence-electron chi connectivity index (χ3n) is 0.530. The van der Waals surface area contributed by atoms with Crippen molar-refractivity contribution in [1.29, 1.82) is 0 Å². The number of carbonyl (C=O) groups is 1. The van der Waals surface area contributed by atoms with Crippen LogP contribution < -0.4 is 5.73 Å². The van der Waals surface area contributed by atoms with Crippen LogP contribution in [0.25, 0.3) is 0 Å². The van der Waals surface area contributed by atoms with Gasteiger partial charge in [0.15, 0.2) is 0 Å². The highest BCUT2D eigenvalue weighted by atomic mass is 16.7. The highest BCUT2D eigenvalue weighted by Crippen LogP contribution is 2.01. The number of carbonyl (C=O) groups excluding carboxylic acids is 1. The fraction of sp³-hybridized carbons (Fsp3) is 0.800. The topological polar surface area (TPSA) is 72.5 Å². The van der Waals surface area contributed by atoms with Crippen LogP contribution in [0.15, 0.2) is 0 Å².